The Labute approximate surface area is 99.5 Å². The van der Waals surface area contributed by atoms with Crippen LogP contribution in [-0.4, -0.2) is 18.2 Å². The third-order valence-corrected chi connectivity index (χ3v) is 3.49. The molecule has 0 spiro atoms. The van der Waals surface area contributed by atoms with Crippen LogP contribution in [0.5, 0.6) is 0 Å². The molecule has 0 amide bonds. The summed E-state index contributed by atoms with van der Waals surface area (Å²) in [7, 11) is 0. The molecule has 0 N–H and O–H groups in total. The summed E-state index contributed by atoms with van der Waals surface area (Å²) < 4.78 is 41.1. The Bertz CT molecular complexity index is 273. The van der Waals surface area contributed by atoms with Crippen LogP contribution in [0.4, 0.5) is 13.2 Å². The molecule has 0 saturated heterocycles. The van der Waals surface area contributed by atoms with Gasteiger partial charge >= 0.3 is 12.1 Å². The summed E-state index contributed by atoms with van der Waals surface area (Å²) in [5.74, 6) is -1.51. The lowest BCUT2D eigenvalue weighted by molar-refractivity contribution is -0.210. The van der Waals surface area contributed by atoms with E-state index in [1.165, 1.54) is 0 Å². The van der Waals surface area contributed by atoms with E-state index in [0.717, 1.165) is 12.8 Å². The van der Waals surface area contributed by atoms with Gasteiger partial charge in [0.1, 0.15) is 6.10 Å². The molecule has 0 aromatic carbocycles. The second-order valence-electron chi connectivity index (χ2n) is 5.17. The maximum absolute atomic E-state index is 12.2. The molecule has 1 aliphatic rings. The van der Waals surface area contributed by atoms with E-state index in [2.05, 4.69) is 4.74 Å². The number of alkyl halides is 3. The molecule has 0 unspecified atom stereocenters. The maximum Gasteiger partial charge on any atom is 0.490 e. The number of halogens is 3. The smallest absolute Gasteiger partial charge is 0.455 e. The van der Waals surface area contributed by atoms with Gasteiger partial charge in [0.05, 0.1) is 0 Å². The van der Waals surface area contributed by atoms with Crippen LogP contribution in [0.3, 0.4) is 0 Å². The molecule has 1 fully saturated rings. The minimum Gasteiger partial charge on any atom is -0.455 e. The first-order valence-corrected chi connectivity index (χ1v) is 6.01. The van der Waals surface area contributed by atoms with Crippen LogP contribution in [0.2, 0.25) is 0 Å². The number of carbonyl (C=O) groups is 1. The van der Waals surface area contributed by atoms with Gasteiger partial charge in [-0.3, -0.25) is 0 Å². The first-order chi connectivity index (χ1) is 7.73. The normalized spacial score (nSPS) is 30.4. The largest absolute Gasteiger partial charge is 0.490 e. The predicted octanol–water partition coefficient (Wildman–Crippen LogP) is 3.55. The minimum atomic E-state index is -4.89. The fourth-order valence-electron chi connectivity index (χ4n) is 2.82. The van der Waals surface area contributed by atoms with E-state index in [0.29, 0.717) is 12.3 Å². The van der Waals surface area contributed by atoms with Crippen molar-refractivity contribution in [3.05, 3.63) is 0 Å². The van der Waals surface area contributed by atoms with Crippen LogP contribution in [0.15, 0.2) is 0 Å². The fraction of sp³-hybridized carbons (Fsp3) is 0.917. The molecule has 0 aromatic rings. The molecule has 0 heterocycles. The Morgan fingerprint density at radius 2 is 1.88 bits per heavy atom. The van der Waals surface area contributed by atoms with Gasteiger partial charge in [0.2, 0.25) is 0 Å². The van der Waals surface area contributed by atoms with E-state index in [9.17, 15) is 18.0 Å². The minimum absolute atomic E-state index is 0.0232. The van der Waals surface area contributed by atoms with Crippen molar-refractivity contribution in [1.82, 2.24) is 0 Å². The van der Waals surface area contributed by atoms with Crippen molar-refractivity contribution in [2.24, 2.45) is 17.8 Å². The van der Waals surface area contributed by atoms with Gasteiger partial charge in [-0.25, -0.2) is 4.79 Å². The molecule has 0 radical (unpaired) electrons. The Kier molecular flexibility index (Phi) is 4.44. The molecule has 5 heteroatoms. The van der Waals surface area contributed by atoms with Crippen LogP contribution in [0.1, 0.15) is 40.0 Å². The highest BCUT2D eigenvalue weighted by Crippen LogP contribution is 2.37. The highest BCUT2D eigenvalue weighted by molar-refractivity contribution is 5.75. The zero-order valence-electron chi connectivity index (χ0n) is 10.4. The summed E-state index contributed by atoms with van der Waals surface area (Å²) in [5.41, 5.74) is 0. The van der Waals surface area contributed by atoms with Crippen LogP contribution in [-0.2, 0) is 9.53 Å². The van der Waals surface area contributed by atoms with Gasteiger partial charge in [-0.1, -0.05) is 27.2 Å². The summed E-state index contributed by atoms with van der Waals surface area (Å²) >= 11 is 0. The van der Waals surface area contributed by atoms with Crippen molar-refractivity contribution in [2.75, 3.05) is 0 Å². The van der Waals surface area contributed by atoms with Gasteiger partial charge < -0.3 is 4.74 Å². The molecule has 1 aliphatic carbocycles. The fourth-order valence-corrected chi connectivity index (χ4v) is 2.82. The van der Waals surface area contributed by atoms with Gasteiger partial charge in [0.25, 0.3) is 0 Å². The average molecular weight is 252 g/mol. The molecular formula is C12H19F3O2. The van der Waals surface area contributed by atoms with Crippen LogP contribution >= 0.6 is 0 Å². The number of rotatable bonds is 2. The highest BCUT2D eigenvalue weighted by Gasteiger charge is 2.44. The molecule has 100 valence electrons. The van der Waals surface area contributed by atoms with Crippen molar-refractivity contribution in [2.45, 2.75) is 52.3 Å². The van der Waals surface area contributed by atoms with Crippen LogP contribution in [0.25, 0.3) is 0 Å². The Hall–Kier alpha value is -0.740. The topological polar surface area (TPSA) is 26.3 Å². The van der Waals surface area contributed by atoms with Gasteiger partial charge in [0.15, 0.2) is 0 Å². The second-order valence-corrected chi connectivity index (χ2v) is 5.17. The van der Waals surface area contributed by atoms with E-state index in [-0.39, 0.29) is 11.8 Å². The monoisotopic (exact) mass is 252 g/mol. The lowest BCUT2D eigenvalue weighted by Gasteiger charge is -2.38. The molecule has 1 saturated carbocycles. The second kappa shape index (κ2) is 5.27. The molecule has 0 bridgehead atoms. The number of hydrogen-bond acceptors (Lipinski definition) is 2. The van der Waals surface area contributed by atoms with Gasteiger partial charge in [-0.2, -0.15) is 13.2 Å². The Morgan fingerprint density at radius 3 is 2.35 bits per heavy atom. The van der Waals surface area contributed by atoms with Gasteiger partial charge in [-0.15, -0.1) is 0 Å². The SMILES string of the molecule is CC(C)[C@@H]1[C@H](C)CCC[C@H]1OC(=O)C(F)(F)F. The molecule has 2 nitrogen and oxygen atoms in total. The molecule has 17 heavy (non-hydrogen) atoms. The maximum atomic E-state index is 12.2. The lowest BCUT2D eigenvalue weighted by atomic mass is 9.72. The zero-order valence-corrected chi connectivity index (χ0v) is 10.4. The van der Waals surface area contributed by atoms with Crippen molar-refractivity contribution in [3.63, 3.8) is 0 Å². The number of hydrogen-bond donors (Lipinski definition) is 0. The number of esters is 1. The molecule has 0 aliphatic heterocycles. The first kappa shape index (κ1) is 14.3. The van der Waals surface area contributed by atoms with Crippen molar-refractivity contribution in [1.29, 1.82) is 0 Å². The Morgan fingerprint density at radius 1 is 1.29 bits per heavy atom. The Balaban J connectivity index is 2.70. The molecule has 3 atom stereocenters. The molecule has 0 aromatic heterocycles. The van der Waals surface area contributed by atoms with Gasteiger partial charge in [-0.05, 0) is 24.7 Å². The van der Waals surface area contributed by atoms with E-state index in [1.54, 1.807) is 0 Å². The quantitative estimate of drug-likeness (QED) is 0.702. The van der Waals surface area contributed by atoms with E-state index in [1.807, 2.05) is 20.8 Å². The van der Waals surface area contributed by atoms with Crippen LogP contribution < -0.4 is 0 Å². The van der Waals surface area contributed by atoms with E-state index >= 15 is 0 Å². The summed E-state index contributed by atoms with van der Waals surface area (Å²) in [6.45, 7) is 5.93. The summed E-state index contributed by atoms with van der Waals surface area (Å²) in [4.78, 5) is 10.9. The highest BCUT2D eigenvalue weighted by atomic mass is 19.4. The third kappa shape index (κ3) is 3.61. The van der Waals surface area contributed by atoms with E-state index < -0.39 is 18.2 Å². The van der Waals surface area contributed by atoms with Crippen molar-refractivity contribution >= 4 is 5.97 Å². The predicted molar refractivity (Wildman–Crippen MR) is 57.3 cm³/mol. The van der Waals surface area contributed by atoms with Gasteiger partial charge in [0, 0.05) is 5.92 Å². The first-order valence-electron chi connectivity index (χ1n) is 6.01. The zero-order chi connectivity index (χ0) is 13.2. The van der Waals surface area contributed by atoms with Crippen molar-refractivity contribution < 1.29 is 22.7 Å². The summed E-state index contributed by atoms with van der Waals surface area (Å²) in [5, 5.41) is 0. The van der Waals surface area contributed by atoms with Crippen LogP contribution in [0, 0.1) is 17.8 Å². The lowest BCUT2D eigenvalue weighted by Crippen LogP contribution is -2.40. The number of ether oxygens (including phenoxy) is 1. The average Bonchev–Trinajstić information content (AvgIpc) is 2.15. The number of carbonyl (C=O) groups excluding carboxylic acids is 1. The summed E-state index contributed by atoms with van der Waals surface area (Å²) in [6.07, 6.45) is -3.13. The van der Waals surface area contributed by atoms with Crippen molar-refractivity contribution in [3.8, 4) is 0 Å². The third-order valence-electron chi connectivity index (χ3n) is 3.49. The standard InChI is InChI=1S/C12H19F3O2/c1-7(2)10-8(3)5-4-6-9(10)17-11(16)12(13,14)15/h7-10H,4-6H2,1-3H3/t8-,9-,10-/m1/s1. The molecular weight excluding hydrogens is 233 g/mol. The van der Waals surface area contributed by atoms with E-state index in [4.69, 9.17) is 0 Å². The molecule has 1 rings (SSSR count). The summed E-state index contributed by atoms with van der Waals surface area (Å²) in [6, 6.07) is 0.